The van der Waals surface area contributed by atoms with Gasteiger partial charge in [0.2, 0.25) is 0 Å². The molecule has 7 heteroatoms. The van der Waals surface area contributed by atoms with Gasteiger partial charge in [-0.25, -0.2) is 9.37 Å². The van der Waals surface area contributed by atoms with E-state index in [2.05, 4.69) is 36.1 Å². The molecule has 0 N–H and O–H groups in total. The molecule has 0 radical (unpaired) electrons. The summed E-state index contributed by atoms with van der Waals surface area (Å²) < 4.78 is 15.1. The Morgan fingerprint density at radius 3 is 2.40 bits per heavy atom. The average Bonchev–Trinajstić information content (AvgIpc) is 3.35. The predicted octanol–water partition coefficient (Wildman–Crippen LogP) is 4.47. The third-order valence-electron chi connectivity index (χ3n) is 5.53. The summed E-state index contributed by atoms with van der Waals surface area (Å²) in [5, 5.41) is 1.88. The highest BCUT2D eigenvalue weighted by Crippen LogP contribution is 2.25. The number of aromatic nitrogens is 2. The van der Waals surface area contributed by atoms with Crippen molar-refractivity contribution < 1.29 is 9.18 Å². The van der Waals surface area contributed by atoms with Gasteiger partial charge < -0.3 is 9.80 Å². The molecule has 152 valence electrons. The molecule has 2 aromatic heterocycles. The molecule has 1 fully saturated rings. The molecule has 0 atom stereocenters. The second-order valence-corrected chi connectivity index (χ2v) is 8.36. The van der Waals surface area contributed by atoms with Crippen LogP contribution in [-0.2, 0) is 0 Å². The lowest BCUT2D eigenvalue weighted by Gasteiger charge is -2.36. The molecule has 0 unspecified atom stereocenters. The van der Waals surface area contributed by atoms with Crippen LogP contribution in [0.5, 0.6) is 0 Å². The second kappa shape index (κ2) is 7.57. The number of imidazole rings is 1. The maximum atomic E-state index is 13.2. The normalized spacial score (nSPS) is 14.5. The molecule has 2 aromatic carbocycles. The van der Waals surface area contributed by atoms with Crippen molar-refractivity contribution in [1.82, 2.24) is 14.3 Å². The summed E-state index contributed by atoms with van der Waals surface area (Å²) in [6, 6.07) is 14.8. The Kier molecular flexibility index (Phi) is 4.75. The number of hydrogen-bond acceptors (Lipinski definition) is 4. The molecule has 5 nitrogen and oxygen atoms in total. The molecule has 30 heavy (non-hydrogen) atoms. The summed E-state index contributed by atoms with van der Waals surface area (Å²) in [5.74, 6) is -0.216. The maximum Gasteiger partial charge on any atom is 0.271 e. The third kappa shape index (κ3) is 3.45. The van der Waals surface area contributed by atoms with Crippen molar-refractivity contribution in [1.29, 1.82) is 0 Å². The molecular weight excluding hydrogens is 399 g/mol. The summed E-state index contributed by atoms with van der Waals surface area (Å²) in [7, 11) is 0. The summed E-state index contributed by atoms with van der Waals surface area (Å²) in [4.78, 5) is 22.7. The highest BCUT2D eigenvalue weighted by molar-refractivity contribution is 7.15. The van der Waals surface area contributed by atoms with Crippen LogP contribution in [0.3, 0.4) is 0 Å². The largest absolute Gasteiger partial charge is 0.368 e. The summed E-state index contributed by atoms with van der Waals surface area (Å²) in [5.41, 5.74) is 4.75. The fraction of sp³-hybridized carbons (Fsp3) is 0.217. The lowest BCUT2D eigenvalue weighted by Crippen LogP contribution is -2.49. The number of nitrogens with zero attached hydrogens (tertiary/aromatic N) is 4. The second-order valence-electron chi connectivity index (χ2n) is 7.52. The standard InChI is InChI=1S/C23H21FN4OS/c1-16-2-4-17(5-3-16)20-14-28-21(15-30-23(28)25-20)22(29)27-12-10-26(11-13-27)19-8-6-18(24)7-9-19/h2-9,14-15H,10-13H2,1H3. The fourth-order valence-electron chi connectivity index (χ4n) is 3.78. The van der Waals surface area contributed by atoms with Crippen LogP contribution in [0.2, 0.25) is 0 Å². The van der Waals surface area contributed by atoms with E-state index in [1.807, 2.05) is 20.9 Å². The van der Waals surface area contributed by atoms with E-state index < -0.39 is 0 Å². The first-order chi connectivity index (χ1) is 14.6. The first-order valence-corrected chi connectivity index (χ1v) is 10.8. The Bertz CT molecular complexity index is 1190. The number of amides is 1. The first-order valence-electron chi connectivity index (χ1n) is 9.92. The summed E-state index contributed by atoms with van der Waals surface area (Å²) in [6.45, 7) is 4.77. The highest BCUT2D eigenvalue weighted by atomic mass is 32.1. The van der Waals surface area contributed by atoms with Gasteiger partial charge in [0.05, 0.1) is 5.69 Å². The molecule has 3 heterocycles. The van der Waals surface area contributed by atoms with E-state index in [4.69, 9.17) is 4.98 Å². The fourth-order valence-corrected chi connectivity index (χ4v) is 4.63. The van der Waals surface area contributed by atoms with Crippen LogP contribution < -0.4 is 4.90 Å². The number of carbonyl (C=O) groups excluding carboxylic acids is 1. The Balaban J connectivity index is 1.33. The number of piperazine rings is 1. The van der Waals surface area contributed by atoms with Crippen molar-refractivity contribution >= 4 is 27.9 Å². The first kappa shape index (κ1) is 18.8. The molecule has 1 saturated heterocycles. The number of hydrogen-bond donors (Lipinski definition) is 0. The monoisotopic (exact) mass is 420 g/mol. The van der Waals surface area contributed by atoms with E-state index in [0.29, 0.717) is 18.8 Å². The zero-order chi connectivity index (χ0) is 20.7. The van der Waals surface area contributed by atoms with Crippen molar-refractivity contribution in [3.8, 4) is 11.3 Å². The van der Waals surface area contributed by atoms with Crippen LogP contribution in [0, 0.1) is 12.7 Å². The quantitative estimate of drug-likeness (QED) is 0.491. The molecule has 0 bridgehead atoms. The Labute approximate surface area is 178 Å². The molecule has 5 rings (SSSR count). The van der Waals surface area contributed by atoms with E-state index in [-0.39, 0.29) is 11.7 Å². The van der Waals surface area contributed by atoms with Gasteiger partial charge in [-0.3, -0.25) is 9.20 Å². The van der Waals surface area contributed by atoms with E-state index in [0.717, 1.165) is 35.0 Å². The van der Waals surface area contributed by atoms with Crippen molar-refractivity contribution in [2.45, 2.75) is 6.92 Å². The average molecular weight is 421 g/mol. The van der Waals surface area contributed by atoms with Crippen molar-refractivity contribution in [3.05, 3.63) is 77.2 Å². The van der Waals surface area contributed by atoms with Crippen LogP contribution in [0.15, 0.2) is 60.1 Å². The van der Waals surface area contributed by atoms with Crippen LogP contribution in [0.4, 0.5) is 10.1 Å². The number of rotatable bonds is 3. The van der Waals surface area contributed by atoms with E-state index in [9.17, 15) is 9.18 Å². The molecule has 0 spiro atoms. The molecule has 1 aliphatic rings. The smallest absolute Gasteiger partial charge is 0.271 e. The SMILES string of the molecule is Cc1ccc(-c2cn3c(C(=O)N4CCN(c5ccc(F)cc5)CC4)csc3n2)cc1. The van der Waals surface area contributed by atoms with Gasteiger partial charge in [-0.2, -0.15) is 0 Å². The van der Waals surface area contributed by atoms with Gasteiger partial charge in [0.15, 0.2) is 4.96 Å². The summed E-state index contributed by atoms with van der Waals surface area (Å²) in [6.07, 6.45) is 1.94. The van der Waals surface area contributed by atoms with Gasteiger partial charge in [-0.05, 0) is 31.2 Å². The van der Waals surface area contributed by atoms with Crippen molar-refractivity contribution in [2.24, 2.45) is 0 Å². The Hall–Kier alpha value is -3.19. The van der Waals surface area contributed by atoms with Gasteiger partial charge in [0.25, 0.3) is 5.91 Å². The lowest BCUT2D eigenvalue weighted by molar-refractivity contribution is 0.0740. The molecule has 0 saturated carbocycles. The minimum absolute atomic E-state index is 0.0212. The topological polar surface area (TPSA) is 40.9 Å². The minimum atomic E-state index is -0.237. The highest BCUT2D eigenvalue weighted by Gasteiger charge is 2.25. The number of anilines is 1. The zero-order valence-corrected chi connectivity index (χ0v) is 17.4. The maximum absolute atomic E-state index is 13.2. The Morgan fingerprint density at radius 2 is 1.70 bits per heavy atom. The van der Waals surface area contributed by atoms with Gasteiger partial charge in [-0.1, -0.05) is 29.8 Å². The Morgan fingerprint density at radius 1 is 1.00 bits per heavy atom. The zero-order valence-electron chi connectivity index (χ0n) is 16.6. The number of thiazole rings is 1. The number of benzene rings is 2. The minimum Gasteiger partial charge on any atom is -0.368 e. The molecule has 4 aromatic rings. The number of carbonyl (C=O) groups is 1. The van der Waals surface area contributed by atoms with E-state index in [1.54, 1.807) is 12.1 Å². The van der Waals surface area contributed by atoms with Crippen LogP contribution in [-0.4, -0.2) is 46.4 Å². The van der Waals surface area contributed by atoms with Crippen molar-refractivity contribution in [3.63, 3.8) is 0 Å². The van der Waals surface area contributed by atoms with Gasteiger partial charge in [-0.15, -0.1) is 11.3 Å². The van der Waals surface area contributed by atoms with Gasteiger partial charge in [0, 0.05) is 49.0 Å². The van der Waals surface area contributed by atoms with Gasteiger partial charge in [0.1, 0.15) is 11.5 Å². The number of fused-ring (bicyclic) bond motifs is 1. The van der Waals surface area contributed by atoms with Gasteiger partial charge >= 0.3 is 0 Å². The molecular formula is C23H21FN4OS. The van der Waals surface area contributed by atoms with Crippen LogP contribution in [0.25, 0.3) is 16.2 Å². The predicted molar refractivity (Wildman–Crippen MR) is 118 cm³/mol. The van der Waals surface area contributed by atoms with E-state index >= 15 is 0 Å². The van der Waals surface area contributed by atoms with Crippen LogP contribution >= 0.6 is 11.3 Å². The molecule has 0 aliphatic carbocycles. The lowest BCUT2D eigenvalue weighted by atomic mass is 10.1. The molecule has 1 amide bonds. The third-order valence-corrected chi connectivity index (χ3v) is 6.37. The molecule has 1 aliphatic heterocycles. The number of aryl methyl sites for hydroxylation is 1. The van der Waals surface area contributed by atoms with Crippen molar-refractivity contribution in [2.75, 3.05) is 31.1 Å². The van der Waals surface area contributed by atoms with Crippen LogP contribution in [0.1, 0.15) is 16.1 Å². The summed E-state index contributed by atoms with van der Waals surface area (Å²) >= 11 is 1.48. The number of halogens is 1. The van der Waals surface area contributed by atoms with E-state index in [1.165, 1.54) is 29.0 Å².